The summed E-state index contributed by atoms with van der Waals surface area (Å²) in [5, 5.41) is 8.31. The molecule has 0 spiro atoms. The number of aromatic nitrogens is 4. The lowest BCUT2D eigenvalue weighted by Gasteiger charge is -1.96. The van der Waals surface area contributed by atoms with Crippen molar-refractivity contribution in [1.82, 2.24) is 19.4 Å². The molecular weight excluding hydrogens is 264 g/mol. The van der Waals surface area contributed by atoms with Crippen LogP contribution in [0.2, 0.25) is 0 Å². The smallest absolute Gasteiger partial charge is 0.342 e. The number of thiazole rings is 1. The minimum absolute atomic E-state index is 0.336. The monoisotopic (exact) mass is 276 g/mol. The molecule has 3 aromatic rings. The SMILES string of the molecule is CCOC(=O)c1cnn2cc(-c3cnn(C)c3)sc12. The number of fused-ring (bicyclic) bond motifs is 1. The lowest BCUT2D eigenvalue weighted by Crippen LogP contribution is -2.03. The van der Waals surface area contributed by atoms with Gasteiger partial charge >= 0.3 is 5.97 Å². The number of ether oxygens (including phenoxy) is 1. The maximum atomic E-state index is 11.8. The molecule has 0 atom stereocenters. The zero-order valence-corrected chi connectivity index (χ0v) is 11.3. The van der Waals surface area contributed by atoms with Crippen LogP contribution in [0.25, 0.3) is 15.3 Å². The van der Waals surface area contributed by atoms with Crippen molar-refractivity contribution in [2.75, 3.05) is 6.61 Å². The molecule has 0 amide bonds. The quantitative estimate of drug-likeness (QED) is 0.686. The number of carbonyl (C=O) groups is 1. The summed E-state index contributed by atoms with van der Waals surface area (Å²) in [5.74, 6) is -0.336. The summed E-state index contributed by atoms with van der Waals surface area (Å²) in [4.78, 5) is 13.6. The van der Waals surface area contributed by atoms with E-state index in [-0.39, 0.29) is 5.97 Å². The molecule has 3 rings (SSSR count). The van der Waals surface area contributed by atoms with Crippen LogP contribution in [0.3, 0.4) is 0 Å². The van der Waals surface area contributed by atoms with Crippen LogP contribution < -0.4 is 0 Å². The Kier molecular flexibility index (Phi) is 2.83. The Balaban J connectivity index is 2.04. The van der Waals surface area contributed by atoms with Crippen molar-refractivity contribution in [3.63, 3.8) is 0 Å². The number of hydrogen-bond donors (Lipinski definition) is 0. The molecule has 98 valence electrons. The number of carbonyl (C=O) groups excluding carboxylic acids is 1. The van der Waals surface area contributed by atoms with Crippen molar-refractivity contribution >= 4 is 22.1 Å². The van der Waals surface area contributed by atoms with Crippen molar-refractivity contribution in [2.24, 2.45) is 7.05 Å². The highest BCUT2D eigenvalue weighted by Gasteiger charge is 2.17. The highest BCUT2D eigenvalue weighted by atomic mass is 32.1. The Hall–Kier alpha value is -2.15. The van der Waals surface area contributed by atoms with Gasteiger partial charge in [0.25, 0.3) is 0 Å². The highest BCUT2D eigenvalue weighted by Crippen LogP contribution is 2.30. The van der Waals surface area contributed by atoms with Gasteiger partial charge in [-0.05, 0) is 6.92 Å². The van der Waals surface area contributed by atoms with E-state index < -0.39 is 0 Å². The predicted octanol–water partition coefficient (Wildman–Crippen LogP) is 1.97. The van der Waals surface area contributed by atoms with Gasteiger partial charge in [-0.1, -0.05) is 0 Å². The van der Waals surface area contributed by atoms with Gasteiger partial charge in [0, 0.05) is 25.0 Å². The van der Waals surface area contributed by atoms with Gasteiger partial charge in [0.15, 0.2) is 0 Å². The number of aryl methyl sites for hydroxylation is 1. The molecule has 0 unspecified atom stereocenters. The molecule has 0 saturated heterocycles. The molecular formula is C12H12N4O2S. The van der Waals surface area contributed by atoms with Crippen molar-refractivity contribution in [2.45, 2.75) is 6.92 Å². The number of rotatable bonds is 3. The maximum absolute atomic E-state index is 11.8. The van der Waals surface area contributed by atoms with Gasteiger partial charge < -0.3 is 4.74 Å². The molecule has 0 saturated carbocycles. The summed E-state index contributed by atoms with van der Waals surface area (Å²) >= 11 is 1.50. The molecule has 7 heteroatoms. The molecule has 0 aromatic carbocycles. The fourth-order valence-corrected chi connectivity index (χ4v) is 2.84. The largest absolute Gasteiger partial charge is 0.462 e. The summed E-state index contributed by atoms with van der Waals surface area (Å²) in [6.45, 7) is 2.14. The predicted molar refractivity (Wildman–Crippen MR) is 71.2 cm³/mol. The topological polar surface area (TPSA) is 61.4 Å². The van der Waals surface area contributed by atoms with Gasteiger partial charge in [-0.15, -0.1) is 11.3 Å². The minimum Gasteiger partial charge on any atom is -0.462 e. The molecule has 19 heavy (non-hydrogen) atoms. The van der Waals surface area contributed by atoms with Crippen LogP contribution >= 0.6 is 11.3 Å². The number of nitrogens with zero attached hydrogens (tertiary/aromatic N) is 4. The average Bonchev–Trinajstić information content (AvgIpc) is 3.02. The Bertz CT molecular complexity index is 740. The summed E-state index contributed by atoms with van der Waals surface area (Å²) in [7, 11) is 1.87. The van der Waals surface area contributed by atoms with Crippen molar-refractivity contribution < 1.29 is 9.53 Å². The molecule has 0 N–H and O–H groups in total. The van der Waals surface area contributed by atoms with E-state index in [9.17, 15) is 4.79 Å². The summed E-state index contributed by atoms with van der Waals surface area (Å²) in [5.41, 5.74) is 1.51. The van der Waals surface area contributed by atoms with Gasteiger partial charge in [-0.25, -0.2) is 9.31 Å². The van der Waals surface area contributed by atoms with Gasteiger partial charge in [0.2, 0.25) is 0 Å². The normalized spacial score (nSPS) is 11.1. The Morgan fingerprint density at radius 1 is 1.37 bits per heavy atom. The van der Waals surface area contributed by atoms with Crippen LogP contribution in [0.5, 0.6) is 0 Å². The third-order valence-corrected chi connectivity index (χ3v) is 3.84. The van der Waals surface area contributed by atoms with Gasteiger partial charge in [-0.2, -0.15) is 10.2 Å². The second kappa shape index (κ2) is 4.51. The third kappa shape index (κ3) is 2.01. The third-order valence-electron chi connectivity index (χ3n) is 2.68. The molecule has 0 fully saturated rings. The van der Waals surface area contributed by atoms with E-state index in [2.05, 4.69) is 10.2 Å². The van der Waals surface area contributed by atoms with E-state index in [4.69, 9.17) is 4.74 Å². The standard InChI is InChI=1S/C12H12N4O2S/c1-3-18-12(17)9-5-14-16-7-10(19-11(9)16)8-4-13-15(2)6-8/h4-7H,3H2,1-2H3. The first-order valence-corrected chi connectivity index (χ1v) is 6.64. The van der Waals surface area contributed by atoms with E-state index in [1.165, 1.54) is 17.5 Å². The lowest BCUT2D eigenvalue weighted by atomic mass is 10.3. The minimum atomic E-state index is -0.336. The van der Waals surface area contributed by atoms with Crippen LogP contribution in [0.4, 0.5) is 0 Å². The molecule has 3 aromatic heterocycles. The lowest BCUT2D eigenvalue weighted by molar-refractivity contribution is 0.0529. The second-order valence-electron chi connectivity index (χ2n) is 4.03. The second-order valence-corrected chi connectivity index (χ2v) is 5.06. The fraction of sp³-hybridized carbons (Fsp3) is 0.250. The molecule has 6 nitrogen and oxygen atoms in total. The summed E-state index contributed by atoms with van der Waals surface area (Å²) in [6, 6.07) is 0. The first-order chi connectivity index (χ1) is 9.19. The van der Waals surface area contributed by atoms with Crippen LogP contribution in [-0.2, 0) is 11.8 Å². The zero-order chi connectivity index (χ0) is 13.4. The van der Waals surface area contributed by atoms with Crippen LogP contribution in [0.15, 0.2) is 24.8 Å². The fourth-order valence-electron chi connectivity index (χ4n) is 1.82. The molecule has 0 aliphatic heterocycles. The Labute approximate surface area is 113 Å². The Morgan fingerprint density at radius 3 is 2.89 bits per heavy atom. The van der Waals surface area contributed by atoms with Gasteiger partial charge in [0.1, 0.15) is 10.4 Å². The van der Waals surface area contributed by atoms with Crippen LogP contribution in [-0.4, -0.2) is 32.0 Å². The van der Waals surface area contributed by atoms with Gasteiger partial charge in [0.05, 0.1) is 23.9 Å². The zero-order valence-electron chi connectivity index (χ0n) is 10.5. The van der Waals surface area contributed by atoms with E-state index in [1.807, 2.05) is 19.4 Å². The van der Waals surface area contributed by atoms with E-state index in [1.54, 1.807) is 22.3 Å². The highest BCUT2D eigenvalue weighted by molar-refractivity contribution is 7.21. The first-order valence-electron chi connectivity index (χ1n) is 5.82. The summed E-state index contributed by atoms with van der Waals surface area (Å²) in [6.07, 6.45) is 7.14. The molecule has 0 bridgehead atoms. The van der Waals surface area contributed by atoms with Crippen molar-refractivity contribution in [1.29, 1.82) is 0 Å². The van der Waals surface area contributed by atoms with E-state index in [0.717, 1.165) is 15.3 Å². The molecule has 0 aliphatic rings. The first kappa shape index (κ1) is 11.9. The molecule has 3 heterocycles. The van der Waals surface area contributed by atoms with Crippen molar-refractivity contribution in [3.05, 3.63) is 30.4 Å². The number of esters is 1. The molecule has 0 aliphatic carbocycles. The van der Waals surface area contributed by atoms with Crippen LogP contribution in [0.1, 0.15) is 17.3 Å². The van der Waals surface area contributed by atoms with Gasteiger partial charge in [-0.3, -0.25) is 4.68 Å². The Morgan fingerprint density at radius 2 is 2.21 bits per heavy atom. The van der Waals surface area contributed by atoms with E-state index in [0.29, 0.717) is 12.2 Å². The number of hydrogen-bond acceptors (Lipinski definition) is 5. The van der Waals surface area contributed by atoms with Crippen LogP contribution in [0, 0.1) is 0 Å². The van der Waals surface area contributed by atoms with E-state index >= 15 is 0 Å². The average molecular weight is 276 g/mol. The molecule has 0 radical (unpaired) electrons. The van der Waals surface area contributed by atoms with Crippen molar-refractivity contribution in [3.8, 4) is 10.4 Å². The summed E-state index contributed by atoms with van der Waals surface area (Å²) < 4.78 is 8.45. The maximum Gasteiger partial charge on any atom is 0.342 e.